The van der Waals surface area contributed by atoms with Gasteiger partial charge in [0.05, 0.1) is 6.42 Å². The predicted molar refractivity (Wildman–Crippen MR) is 242 cm³/mol. The number of carbonyl (C=O) groups is 2. The Balaban J connectivity index is 0.000000235. The zero-order chi connectivity index (χ0) is 41.8. The van der Waals surface area contributed by atoms with Gasteiger partial charge in [0.2, 0.25) is 0 Å². The zero-order valence-electron chi connectivity index (χ0n) is 37.0. The Morgan fingerprint density at radius 3 is 1.59 bits per heavy atom. The van der Waals surface area contributed by atoms with Crippen molar-refractivity contribution in [3.63, 3.8) is 0 Å². The van der Waals surface area contributed by atoms with Crippen LogP contribution in [0.5, 0.6) is 0 Å². The summed E-state index contributed by atoms with van der Waals surface area (Å²) in [6.45, 7) is 25.3. The monoisotopic (exact) mass is 953 g/mol. The van der Waals surface area contributed by atoms with Crippen molar-refractivity contribution in [2.75, 3.05) is 0 Å². The molecule has 0 spiro atoms. The van der Waals surface area contributed by atoms with Crippen molar-refractivity contribution in [1.82, 2.24) is 9.97 Å². The summed E-state index contributed by atoms with van der Waals surface area (Å²) in [6, 6.07) is 33.0. The first-order chi connectivity index (χ1) is 27.2. The van der Waals surface area contributed by atoms with Gasteiger partial charge < -0.3 is 9.97 Å². The average Bonchev–Trinajstić information content (AvgIpc) is 3.17. The minimum atomic E-state index is 0. The maximum atomic E-state index is 11.7. The van der Waals surface area contributed by atoms with Crippen molar-refractivity contribution in [2.24, 2.45) is 11.8 Å². The summed E-state index contributed by atoms with van der Waals surface area (Å²) in [7, 11) is 0. The summed E-state index contributed by atoms with van der Waals surface area (Å²) < 4.78 is 0. The van der Waals surface area contributed by atoms with E-state index in [2.05, 4.69) is 150 Å². The van der Waals surface area contributed by atoms with Gasteiger partial charge in [0.25, 0.3) is 0 Å². The molecule has 0 N–H and O–H groups in total. The molecule has 0 saturated heterocycles. The Hall–Kier alpha value is -4.31. The second-order valence-corrected chi connectivity index (χ2v) is 16.3. The second-order valence-electron chi connectivity index (χ2n) is 16.3. The molecule has 4 aromatic carbocycles. The molecule has 309 valence electrons. The average molecular weight is 953 g/mol. The van der Waals surface area contributed by atoms with E-state index in [0.717, 1.165) is 59.3 Å². The molecule has 2 aromatic heterocycles. The van der Waals surface area contributed by atoms with Crippen LogP contribution in [-0.2, 0) is 29.7 Å². The van der Waals surface area contributed by atoms with Gasteiger partial charge in [0, 0.05) is 44.3 Å². The van der Waals surface area contributed by atoms with Gasteiger partial charge in [0.15, 0.2) is 0 Å². The number of rotatable bonds is 12. The number of Topliss-reactive ketones (excluding diaryl/α,β-unsaturated/α-hetero) is 2. The van der Waals surface area contributed by atoms with E-state index in [0.29, 0.717) is 11.8 Å². The molecule has 0 saturated carbocycles. The van der Waals surface area contributed by atoms with Gasteiger partial charge in [-0.1, -0.05) is 119 Å². The van der Waals surface area contributed by atoms with Crippen LogP contribution in [0.2, 0.25) is 0 Å². The van der Waals surface area contributed by atoms with Crippen LogP contribution in [0.4, 0.5) is 0 Å². The number of aromatic nitrogens is 2. The molecule has 6 aromatic rings. The standard InChI is InChI=1S/2C20H20N.C13H24O2.Ir/c1-13(2)16-5-6-17-11-20(21-12-19(17)10-16)18-8-14(3)7-15(4)9-18;1-13(2)16-5-6-19-17(12-16)7-8-21-20(19)18-10-14(3)9-15(4)11-18;1-5-10(6-2)12(14)9-13(15)11(7-3)8-4;/h5-8,10-13H,1-4H3;5-10,12-13H,1-4H3;10-11H,5-9H2,1-4H3;/q2*-1;;. The largest absolute Gasteiger partial charge is 0.304 e. The van der Waals surface area contributed by atoms with Gasteiger partial charge in [0.1, 0.15) is 11.6 Å². The van der Waals surface area contributed by atoms with E-state index in [1.807, 2.05) is 40.1 Å². The molecule has 0 fully saturated rings. The smallest absolute Gasteiger partial charge is 0.143 e. The number of benzene rings is 4. The van der Waals surface area contributed by atoms with E-state index < -0.39 is 0 Å². The minimum absolute atomic E-state index is 0. The molecule has 0 aliphatic carbocycles. The summed E-state index contributed by atoms with van der Waals surface area (Å²) in [5, 5.41) is 4.88. The van der Waals surface area contributed by atoms with Crippen molar-refractivity contribution < 1.29 is 29.7 Å². The van der Waals surface area contributed by atoms with Gasteiger partial charge in [-0.3, -0.25) is 9.59 Å². The Morgan fingerprint density at radius 1 is 0.569 bits per heavy atom. The molecule has 1 radical (unpaired) electrons. The van der Waals surface area contributed by atoms with E-state index in [1.165, 1.54) is 43.8 Å². The van der Waals surface area contributed by atoms with Crippen LogP contribution < -0.4 is 0 Å². The SMILES string of the molecule is CCC(CC)C(=O)CC(=O)C(CC)CC.Cc1[c-]c(-c2cc3ccc(C(C)C)cc3cn2)cc(C)c1.Cc1[c-]c(-c2nccc3cc(C(C)C)ccc23)cc(C)c1.[Ir]. The number of hydrogen-bond donors (Lipinski definition) is 0. The van der Waals surface area contributed by atoms with Crippen LogP contribution in [0.15, 0.2) is 85.2 Å². The summed E-state index contributed by atoms with van der Waals surface area (Å²) in [5.74, 6) is 1.53. The zero-order valence-corrected chi connectivity index (χ0v) is 39.4. The Labute approximate surface area is 363 Å². The van der Waals surface area contributed by atoms with Gasteiger partial charge >= 0.3 is 0 Å². The van der Waals surface area contributed by atoms with Crippen molar-refractivity contribution in [2.45, 2.75) is 127 Å². The molecular weight excluding hydrogens is 889 g/mol. The molecule has 0 aliphatic heterocycles. The molecule has 0 amide bonds. The fourth-order valence-corrected chi connectivity index (χ4v) is 7.44. The maximum Gasteiger partial charge on any atom is 0.143 e. The topological polar surface area (TPSA) is 59.9 Å². The number of nitrogens with zero attached hydrogens (tertiary/aromatic N) is 2. The first-order valence-corrected chi connectivity index (χ1v) is 21.0. The van der Waals surface area contributed by atoms with Crippen LogP contribution in [0.1, 0.15) is 133 Å². The van der Waals surface area contributed by atoms with Crippen molar-refractivity contribution in [1.29, 1.82) is 0 Å². The van der Waals surface area contributed by atoms with E-state index in [1.54, 1.807) is 0 Å². The van der Waals surface area contributed by atoms with E-state index in [4.69, 9.17) is 0 Å². The third-order valence-corrected chi connectivity index (χ3v) is 10.9. The molecule has 0 bridgehead atoms. The Kier molecular flexibility index (Phi) is 18.8. The van der Waals surface area contributed by atoms with Gasteiger partial charge in [-0.15, -0.1) is 69.8 Å². The Bertz CT molecular complexity index is 2220. The molecule has 2 heterocycles. The molecule has 4 nitrogen and oxygen atoms in total. The van der Waals surface area contributed by atoms with Gasteiger partial charge in [-0.2, -0.15) is 0 Å². The summed E-state index contributed by atoms with van der Waals surface area (Å²) >= 11 is 0. The summed E-state index contributed by atoms with van der Waals surface area (Å²) in [4.78, 5) is 32.7. The number of pyridine rings is 2. The molecule has 58 heavy (non-hydrogen) atoms. The normalized spacial score (nSPS) is 11.0. The maximum absolute atomic E-state index is 11.7. The first-order valence-electron chi connectivity index (χ1n) is 21.0. The van der Waals surface area contributed by atoms with Crippen molar-refractivity contribution in [3.8, 4) is 22.5 Å². The number of carbonyl (C=O) groups excluding carboxylic acids is 2. The van der Waals surface area contributed by atoms with E-state index >= 15 is 0 Å². The summed E-state index contributed by atoms with van der Waals surface area (Å²) in [6.07, 6.45) is 7.43. The quantitative estimate of drug-likeness (QED) is 0.0906. The predicted octanol–water partition coefficient (Wildman–Crippen LogP) is 14.3. The number of aryl methyl sites for hydroxylation is 4. The molecule has 0 aliphatic rings. The van der Waals surface area contributed by atoms with Crippen LogP contribution in [0.3, 0.4) is 0 Å². The summed E-state index contributed by atoms with van der Waals surface area (Å²) in [5.41, 5.74) is 11.7. The molecule has 0 atom stereocenters. The third-order valence-electron chi connectivity index (χ3n) is 10.9. The minimum Gasteiger partial charge on any atom is -0.304 e. The van der Waals surface area contributed by atoms with Crippen molar-refractivity contribution >= 4 is 33.1 Å². The van der Waals surface area contributed by atoms with Crippen LogP contribution in [0, 0.1) is 51.7 Å². The third kappa shape index (κ3) is 13.1. The molecule has 5 heteroatoms. The molecule has 0 unspecified atom stereocenters. The number of hydrogen-bond acceptors (Lipinski definition) is 4. The van der Waals surface area contributed by atoms with Crippen LogP contribution >= 0.6 is 0 Å². The first kappa shape index (κ1) is 48.1. The van der Waals surface area contributed by atoms with Crippen molar-refractivity contribution in [3.05, 3.63) is 131 Å². The van der Waals surface area contributed by atoms with E-state index in [9.17, 15) is 9.59 Å². The van der Waals surface area contributed by atoms with E-state index in [-0.39, 0.29) is 49.9 Å². The molecule has 6 rings (SSSR count). The number of ketones is 2. The molecular formula is C53H64IrN2O2-2. The van der Waals surface area contributed by atoms with Crippen LogP contribution in [0.25, 0.3) is 44.1 Å². The second kappa shape index (κ2) is 22.7. The van der Waals surface area contributed by atoms with Gasteiger partial charge in [-0.25, -0.2) is 0 Å². The number of fused-ring (bicyclic) bond motifs is 2. The fourth-order valence-electron chi connectivity index (χ4n) is 7.44. The Morgan fingerprint density at radius 2 is 1.07 bits per heavy atom. The fraction of sp³-hybridized carbons (Fsp3) is 0.396. The van der Waals surface area contributed by atoms with Crippen LogP contribution in [-0.4, -0.2) is 21.5 Å². The van der Waals surface area contributed by atoms with Gasteiger partial charge in [-0.05, 0) is 93.7 Å².